The standard InChI is InChI=1S/C17H14FN3O2/c1-22-15-9-13-14(10-16(15)23-2)21(8-7-19)17(20-13)11-5-3-4-6-12(11)18/h3-6,9-10H,8H2,1-2H3. The number of nitriles is 1. The number of aromatic nitrogens is 2. The largest absolute Gasteiger partial charge is 0.493 e. The van der Waals surface area contributed by atoms with Crippen LogP contribution in [-0.4, -0.2) is 23.8 Å². The van der Waals surface area contributed by atoms with Gasteiger partial charge in [0, 0.05) is 12.1 Å². The van der Waals surface area contributed by atoms with Gasteiger partial charge >= 0.3 is 0 Å². The van der Waals surface area contributed by atoms with Gasteiger partial charge in [-0.3, -0.25) is 0 Å². The van der Waals surface area contributed by atoms with Gasteiger partial charge in [0.25, 0.3) is 0 Å². The fraction of sp³-hybridized carbons (Fsp3) is 0.176. The maximum Gasteiger partial charge on any atom is 0.163 e. The smallest absolute Gasteiger partial charge is 0.163 e. The monoisotopic (exact) mass is 311 g/mol. The molecule has 1 aromatic heterocycles. The summed E-state index contributed by atoms with van der Waals surface area (Å²) in [4.78, 5) is 4.48. The second kappa shape index (κ2) is 5.97. The molecule has 0 radical (unpaired) electrons. The summed E-state index contributed by atoms with van der Waals surface area (Å²) in [5.41, 5.74) is 1.63. The van der Waals surface area contributed by atoms with Crippen molar-refractivity contribution in [2.45, 2.75) is 6.54 Å². The van der Waals surface area contributed by atoms with Gasteiger partial charge in [-0.05, 0) is 12.1 Å². The molecular weight excluding hydrogens is 297 g/mol. The normalized spacial score (nSPS) is 10.5. The van der Waals surface area contributed by atoms with Crippen LogP contribution in [-0.2, 0) is 6.54 Å². The lowest BCUT2D eigenvalue weighted by molar-refractivity contribution is 0.355. The number of nitrogens with zero attached hydrogens (tertiary/aromatic N) is 3. The third-order valence-electron chi connectivity index (χ3n) is 3.60. The lowest BCUT2D eigenvalue weighted by Gasteiger charge is -2.08. The summed E-state index contributed by atoms with van der Waals surface area (Å²) < 4.78 is 26.4. The Morgan fingerprint density at radius 1 is 1.17 bits per heavy atom. The van der Waals surface area contributed by atoms with Gasteiger partial charge in [-0.25, -0.2) is 9.37 Å². The van der Waals surface area contributed by atoms with Crippen molar-refractivity contribution in [3.05, 3.63) is 42.2 Å². The average Bonchev–Trinajstić information content (AvgIpc) is 2.92. The molecule has 0 bridgehead atoms. The number of halogens is 1. The molecule has 0 aliphatic carbocycles. The fourth-order valence-corrected chi connectivity index (χ4v) is 2.53. The van der Waals surface area contributed by atoms with Crippen LogP contribution in [0.4, 0.5) is 4.39 Å². The Kier molecular flexibility index (Phi) is 3.85. The van der Waals surface area contributed by atoms with E-state index in [9.17, 15) is 4.39 Å². The van der Waals surface area contributed by atoms with Crippen LogP contribution >= 0.6 is 0 Å². The number of hydrogen-bond donors (Lipinski definition) is 0. The number of benzene rings is 2. The van der Waals surface area contributed by atoms with Crippen molar-refractivity contribution in [1.29, 1.82) is 5.26 Å². The zero-order valence-electron chi connectivity index (χ0n) is 12.7. The maximum atomic E-state index is 14.1. The Balaban J connectivity index is 2.32. The molecule has 0 aliphatic heterocycles. The van der Waals surface area contributed by atoms with E-state index < -0.39 is 0 Å². The van der Waals surface area contributed by atoms with Crippen molar-refractivity contribution in [3.8, 4) is 29.0 Å². The summed E-state index contributed by atoms with van der Waals surface area (Å²) in [6, 6.07) is 11.9. The van der Waals surface area contributed by atoms with Crippen LogP contribution in [0.1, 0.15) is 0 Å². The molecule has 0 spiro atoms. The van der Waals surface area contributed by atoms with E-state index in [1.807, 2.05) is 0 Å². The zero-order chi connectivity index (χ0) is 16.4. The summed E-state index contributed by atoms with van der Waals surface area (Å²) in [6.07, 6.45) is 0. The van der Waals surface area contributed by atoms with Crippen LogP contribution in [0.3, 0.4) is 0 Å². The molecule has 3 aromatic rings. The van der Waals surface area contributed by atoms with Gasteiger partial charge in [0.15, 0.2) is 11.5 Å². The first-order valence-electron chi connectivity index (χ1n) is 6.93. The zero-order valence-corrected chi connectivity index (χ0v) is 12.7. The number of ether oxygens (including phenoxy) is 2. The molecule has 0 atom stereocenters. The first-order valence-corrected chi connectivity index (χ1v) is 6.93. The molecule has 0 saturated heterocycles. The summed E-state index contributed by atoms with van der Waals surface area (Å²) in [6.45, 7) is 0.0512. The highest BCUT2D eigenvalue weighted by molar-refractivity contribution is 5.84. The molecule has 0 N–H and O–H groups in total. The number of methoxy groups -OCH3 is 2. The van der Waals surface area contributed by atoms with E-state index in [2.05, 4.69) is 11.1 Å². The number of hydrogen-bond acceptors (Lipinski definition) is 4. The molecule has 5 nitrogen and oxygen atoms in total. The Morgan fingerprint density at radius 3 is 2.52 bits per heavy atom. The van der Waals surface area contributed by atoms with E-state index in [0.29, 0.717) is 33.9 Å². The van der Waals surface area contributed by atoms with E-state index in [4.69, 9.17) is 14.7 Å². The van der Waals surface area contributed by atoms with Crippen LogP contribution in [0.5, 0.6) is 11.5 Å². The van der Waals surface area contributed by atoms with Crippen molar-refractivity contribution in [2.24, 2.45) is 0 Å². The SMILES string of the molecule is COc1cc2nc(-c3ccccc3F)n(CC#N)c2cc1OC. The van der Waals surface area contributed by atoms with Gasteiger partial charge in [-0.2, -0.15) is 5.26 Å². The van der Waals surface area contributed by atoms with Crippen molar-refractivity contribution in [2.75, 3.05) is 14.2 Å². The van der Waals surface area contributed by atoms with Crippen LogP contribution < -0.4 is 9.47 Å². The average molecular weight is 311 g/mol. The number of fused-ring (bicyclic) bond motifs is 1. The van der Waals surface area contributed by atoms with Crippen LogP contribution in [0, 0.1) is 17.1 Å². The Hall–Kier alpha value is -3.07. The van der Waals surface area contributed by atoms with Crippen LogP contribution in [0.25, 0.3) is 22.4 Å². The lowest BCUT2D eigenvalue weighted by atomic mass is 10.2. The third kappa shape index (κ3) is 2.46. The molecule has 2 aromatic carbocycles. The van der Waals surface area contributed by atoms with Crippen LogP contribution in [0.2, 0.25) is 0 Å². The van der Waals surface area contributed by atoms with Crippen molar-refractivity contribution < 1.29 is 13.9 Å². The molecule has 116 valence electrons. The predicted molar refractivity (Wildman–Crippen MR) is 83.8 cm³/mol. The number of imidazole rings is 1. The van der Waals surface area contributed by atoms with Gasteiger partial charge in [-0.1, -0.05) is 12.1 Å². The van der Waals surface area contributed by atoms with E-state index in [-0.39, 0.29) is 12.4 Å². The molecule has 6 heteroatoms. The topological polar surface area (TPSA) is 60.1 Å². The van der Waals surface area contributed by atoms with Crippen molar-refractivity contribution in [1.82, 2.24) is 9.55 Å². The molecule has 0 amide bonds. The Morgan fingerprint density at radius 2 is 1.87 bits per heavy atom. The second-order valence-corrected chi connectivity index (χ2v) is 4.86. The van der Waals surface area contributed by atoms with Gasteiger partial charge in [0.05, 0.1) is 36.9 Å². The molecule has 3 rings (SSSR count). The van der Waals surface area contributed by atoms with Gasteiger partial charge < -0.3 is 14.0 Å². The number of rotatable bonds is 4. The van der Waals surface area contributed by atoms with E-state index in [0.717, 1.165) is 0 Å². The van der Waals surface area contributed by atoms with E-state index >= 15 is 0 Å². The highest BCUT2D eigenvalue weighted by Gasteiger charge is 2.18. The molecule has 0 saturated carbocycles. The quantitative estimate of drug-likeness (QED) is 0.741. The minimum Gasteiger partial charge on any atom is -0.493 e. The fourth-order valence-electron chi connectivity index (χ4n) is 2.53. The molecule has 0 fully saturated rings. The maximum absolute atomic E-state index is 14.1. The first-order chi connectivity index (χ1) is 11.2. The van der Waals surface area contributed by atoms with Crippen LogP contribution in [0.15, 0.2) is 36.4 Å². The minimum atomic E-state index is -0.388. The van der Waals surface area contributed by atoms with E-state index in [1.165, 1.54) is 20.3 Å². The van der Waals surface area contributed by atoms with E-state index in [1.54, 1.807) is 34.9 Å². The van der Waals surface area contributed by atoms with Crippen molar-refractivity contribution in [3.63, 3.8) is 0 Å². The summed E-state index contributed by atoms with van der Waals surface area (Å²) in [7, 11) is 3.07. The Bertz CT molecular complexity index is 912. The molecular formula is C17H14FN3O2. The second-order valence-electron chi connectivity index (χ2n) is 4.86. The highest BCUT2D eigenvalue weighted by atomic mass is 19.1. The molecule has 23 heavy (non-hydrogen) atoms. The van der Waals surface area contributed by atoms with Gasteiger partial charge in [-0.15, -0.1) is 0 Å². The molecule has 1 heterocycles. The van der Waals surface area contributed by atoms with Crippen molar-refractivity contribution >= 4 is 11.0 Å². The third-order valence-corrected chi connectivity index (χ3v) is 3.60. The predicted octanol–water partition coefficient (Wildman–Crippen LogP) is 3.38. The minimum absolute atomic E-state index is 0.0512. The van der Waals surface area contributed by atoms with Gasteiger partial charge in [0.1, 0.15) is 18.2 Å². The summed E-state index contributed by atoms with van der Waals surface area (Å²) in [5.74, 6) is 1.07. The first kappa shape index (κ1) is 14.9. The molecule has 0 unspecified atom stereocenters. The summed E-state index contributed by atoms with van der Waals surface area (Å²) >= 11 is 0. The summed E-state index contributed by atoms with van der Waals surface area (Å²) in [5, 5.41) is 9.12. The highest BCUT2D eigenvalue weighted by Crippen LogP contribution is 2.34. The Labute approximate surface area is 132 Å². The lowest BCUT2D eigenvalue weighted by Crippen LogP contribution is -2.00. The van der Waals surface area contributed by atoms with Gasteiger partial charge in [0.2, 0.25) is 0 Å². The molecule has 0 aliphatic rings.